The van der Waals surface area contributed by atoms with Crippen LogP contribution >= 0.6 is 11.6 Å². The fourth-order valence-electron chi connectivity index (χ4n) is 3.61. The van der Waals surface area contributed by atoms with Crippen molar-refractivity contribution in [2.24, 2.45) is 0 Å². The van der Waals surface area contributed by atoms with Crippen LogP contribution in [0.15, 0.2) is 55.4 Å². The van der Waals surface area contributed by atoms with Gasteiger partial charge in [-0.1, -0.05) is 11.6 Å². The second kappa shape index (κ2) is 6.43. The van der Waals surface area contributed by atoms with Crippen molar-refractivity contribution >= 4 is 33.8 Å². The highest BCUT2D eigenvalue weighted by Crippen LogP contribution is 2.39. The van der Waals surface area contributed by atoms with Crippen molar-refractivity contribution in [3.8, 4) is 16.8 Å². The molecule has 140 valence electrons. The molecule has 0 saturated heterocycles. The molecule has 0 fully saturated rings. The molecule has 0 aliphatic rings. The van der Waals surface area contributed by atoms with Gasteiger partial charge in [0.05, 0.1) is 22.8 Å². The third kappa shape index (κ3) is 2.67. The molecule has 0 saturated carbocycles. The highest BCUT2D eigenvalue weighted by Gasteiger charge is 2.17. The second-order valence-electron chi connectivity index (χ2n) is 6.98. The maximum absolute atomic E-state index is 7.52. The summed E-state index contributed by atoms with van der Waals surface area (Å²) in [5, 5.41) is 9.65. The first-order valence-electron chi connectivity index (χ1n) is 9.00. The highest BCUT2D eigenvalue weighted by molar-refractivity contribution is 6.34. The maximum atomic E-state index is 7.52. The zero-order valence-corrected chi connectivity index (χ0v) is 16.5. The first-order valence-corrected chi connectivity index (χ1v) is 9.38. The molecule has 0 amide bonds. The smallest absolute Gasteiger partial charge is 0.190 e. The van der Waals surface area contributed by atoms with Crippen molar-refractivity contribution in [2.45, 2.75) is 13.8 Å². The zero-order valence-electron chi connectivity index (χ0n) is 15.8. The van der Waals surface area contributed by atoms with Gasteiger partial charge in [0.2, 0.25) is 0 Å². The average Bonchev–Trinajstić information content (AvgIpc) is 3.33. The van der Waals surface area contributed by atoms with E-state index in [1.54, 1.807) is 18.7 Å². The van der Waals surface area contributed by atoms with Crippen LogP contribution < -0.4 is 0 Å². The summed E-state index contributed by atoms with van der Waals surface area (Å²) in [6, 6.07) is 7.90. The Morgan fingerprint density at radius 2 is 1.90 bits per heavy atom. The Morgan fingerprint density at radius 1 is 1.03 bits per heavy atom. The minimum atomic E-state index is 0.627. The monoisotopic (exact) mass is 398 g/mol. The lowest BCUT2D eigenvalue weighted by Gasteiger charge is -2.07. The third-order valence-electron chi connectivity index (χ3n) is 5.14. The van der Waals surface area contributed by atoms with E-state index in [2.05, 4.69) is 24.6 Å². The lowest BCUT2D eigenvalue weighted by molar-refractivity contribution is 1.06. The van der Waals surface area contributed by atoms with E-state index in [4.69, 9.17) is 18.2 Å². The van der Waals surface area contributed by atoms with Crippen LogP contribution in [0.4, 0.5) is 5.69 Å². The number of benzene rings is 1. The number of nitrogens with zero attached hydrogens (tertiary/aromatic N) is 6. The summed E-state index contributed by atoms with van der Waals surface area (Å²) >= 11 is 6.62. The molecular formula is C22H15ClN6. The number of aryl methyl sites for hydroxylation is 2. The first-order chi connectivity index (χ1) is 14.1. The van der Waals surface area contributed by atoms with Crippen molar-refractivity contribution in [3.63, 3.8) is 0 Å². The fourth-order valence-corrected chi connectivity index (χ4v) is 3.81. The number of fused-ring (bicyclic) bond motifs is 2. The fraction of sp³-hybridized carbons (Fsp3) is 0.0909. The second-order valence-corrected chi connectivity index (χ2v) is 7.36. The quantitative estimate of drug-likeness (QED) is 0.366. The predicted octanol–water partition coefficient (Wildman–Crippen LogP) is 5.56. The normalized spacial score (nSPS) is 11.2. The Bertz CT molecular complexity index is 1450. The van der Waals surface area contributed by atoms with E-state index in [9.17, 15) is 0 Å². The SMILES string of the molecule is [C-]#[N+]c1cc2c(-c3cncc(C)c3Cl)cn(-c3ccc4nncn4c3)c2cc1C. The Balaban J connectivity index is 1.86. The molecule has 0 unspecified atom stereocenters. The van der Waals surface area contributed by atoms with E-state index in [0.29, 0.717) is 10.7 Å². The van der Waals surface area contributed by atoms with Crippen molar-refractivity contribution in [1.29, 1.82) is 0 Å². The molecule has 4 aromatic heterocycles. The topological polar surface area (TPSA) is 52.4 Å². The summed E-state index contributed by atoms with van der Waals surface area (Å²) in [6.07, 6.45) is 9.22. The highest BCUT2D eigenvalue weighted by atomic mass is 35.5. The van der Waals surface area contributed by atoms with Gasteiger partial charge in [0.1, 0.15) is 6.33 Å². The number of pyridine rings is 2. The molecule has 0 N–H and O–H groups in total. The minimum absolute atomic E-state index is 0.627. The van der Waals surface area contributed by atoms with Crippen LogP contribution in [-0.2, 0) is 0 Å². The maximum Gasteiger partial charge on any atom is 0.190 e. The van der Waals surface area contributed by atoms with Crippen LogP contribution in [0.5, 0.6) is 0 Å². The summed E-state index contributed by atoms with van der Waals surface area (Å²) in [4.78, 5) is 8.01. The van der Waals surface area contributed by atoms with Crippen LogP contribution in [0, 0.1) is 20.4 Å². The number of hydrogen-bond donors (Lipinski definition) is 0. The standard InChI is InChI=1S/C22H15ClN6/c1-13-6-20-16(7-19(13)24-3)18(17-9-25-8-14(2)22(17)23)11-29(20)15-4-5-21-27-26-12-28(21)10-15/h4-12H,1-2H3. The molecule has 0 aliphatic heterocycles. The molecular weight excluding hydrogens is 384 g/mol. The van der Waals surface area contributed by atoms with Gasteiger partial charge >= 0.3 is 0 Å². The lowest BCUT2D eigenvalue weighted by Crippen LogP contribution is -1.95. The van der Waals surface area contributed by atoms with E-state index in [0.717, 1.165) is 44.5 Å². The van der Waals surface area contributed by atoms with Gasteiger partial charge in [0.25, 0.3) is 0 Å². The summed E-state index contributed by atoms with van der Waals surface area (Å²) < 4.78 is 3.98. The minimum Gasteiger partial charge on any atom is -0.315 e. The van der Waals surface area contributed by atoms with Gasteiger partial charge in [-0.3, -0.25) is 9.38 Å². The van der Waals surface area contributed by atoms with Crippen LogP contribution in [0.1, 0.15) is 11.1 Å². The molecule has 29 heavy (non-hydrogen) atoms. The van der Waals surface area contributed by atoms with Crippen LogP contribution in [0.3, 0.4) is 0 Å². The van der Waals surface area contributed by atoms with Crippen molar-refractivity contribution in [2.75, 3.05) is 0 Å². The van der Waals surface area contributed by atoms with Gasteiger partial charge in [-0.15, -0.1) is 10.2 Å². The van der Waals surface area contributed by atoms with Gasteiger partial charge in [-0.25, -0.2) is 4.85 Å². The largest absolute Gasteiger partial charge is 0.315 e. The van der Waals surface area contributed by atoms with E-state index >= 15 is 0 Å². The zero-order chi connectivity index (χ0) is 20.1. The summed E-state index contributed by atoms with van der Waals surface area (Å²) in [5.74, 6) is 0. The molecule has 0 radical (unpaired) electrons. The van der Waals surface area contributed by atoms with Crippen molar-refractivity contribution in [1.82, 2.24) is 24.1 Å². The van der Waals surface area contributed by atoms with Crippen LogP contribution in [-0.4, -0.2) is 24.1 Å². The van der Waals surface area contributed by atoms with Crippen LogP contribution in [0.25, 0.3) is 38.2 Å². The summed E-state index contributed by atoms with van der Waals surface area (Å²) in [7, 11) is 0. The van der Waals surface area contributed by atoms with E-state index in [1.165, 1.54) is 0 Å². The van der Waals surface area contributed by atoms with Gasteiger partial charge in [0, 0.05) is 35.9 Å². The van der Waals surface area contributed by atoms with Crippen molar-refractivity contribution < 1.29 is 0 Å². The number of halogens is 1. The molecule has 5 rings (SSSR count). The lowest BCUT2D eigenvalue weighted by atomic mass is 10.0. The van der Waals surface area contributed by atoms with E-state index < -0.39 is 0 Å². The first kappa shape index (κ1) is 17.4. The third-order valence-corrected chi connectivity index (χ3v) is 5.64. The molecule has 0 bridgehead atoms. The van der Waals surface area contributed by atoms with E-state index in [-0.39, 0.29) is 0 Å². The van der Waals surface area contributed by atoms with Gasteiger partial charge in [-0.2, -0.15) is 0 Å². The molecule has 0 aliphatic carbocycles. The van der Waals surface area contributed by atoms with Gasteiger partial charge in [0.15, 0.2) is 11.3 Å². The Morgan fingerprint density at radius 3 is 2.72 bits per heavy atom. The molecule has 0 spiro atoms. The molecule has 0 atom stereocenters. The van der Waals surface area contributed by atoms with Crippen molar-refractivity contribution in [3.05, 3.63) is 82.9 Å². The van der Waals surface area contributed by atoms with E-state index in [1.807, 2.05) is 54.9 Å². The Labute approximate surface area is 171 Å². The molecule has 7 heteroatoms. The summed E-state index contributed by atoms with van der Waals surface area (Å²) in [5.41, 5.74) is 6.99. The number of aromatic nitrogens is 5. The molecule has 5 aromatic rings. The Kier molecular flexibility index (Phi) is 3.86. The molecule has 6 nitrogen and oxygen atoms in total. The molecule has 1 aromatic carbocycles. The predicted molar refractivity (Wildman–Crippen MR) is 114 cm³/mol. The molecule has 4 heterocycles. The number of rotatable bonds is 2. The van der Waals surface area contributed by atoms with Gasteiger partial charge in [-0.05, 0) is 54.6 Å². The van der Waals surface area contributed by atoms with Gasteiger partial charge < -0.3 is 4.57 Å². The Hall–Kier alpha value is -3.69. The average molecular weight is 399 g/mol. The number of hydrogen-bond acceptors (Lipinski definition) is 3. The summed E-state index contributed by atoms with van der Waals surface area (Å²) in [6.45, 7) is 11.4. The van der Waals surface area contributed by atoms with Crippen LogP contribution in [0.2, 0.25) is 5.02 Å².